The highest BCUT2D eigenvalue weighted by molar-refractivity contribution is 5.94. The van der Waals surface area contributed by atoms with E-state index in [0.717, 1.165) is 43.7 Å². The summed E-state index contributed by atoms with van der Waals surface area (Å²) in [5, 5.41) is 13.6. The van der Waals surface area contributed by atoms with Crippen LogP contribution in [0.4, 0.5) is 0 Å². The zero-order valence-corrected chi connectivity index (χ0v) is 15.5. The molecule has 3 heterocycles. The Balaban J connectivity index is 0.00000196. The number of ether oxygens (including phenoxy) is 1. The van der Waals surface area contributed by atoms with Gasteiger partial charge in [-0.2, -0.15) is 5.10 Å². The maximum Gasteiger partial charge on any atom is 0.272 e. The van der Waals surface area contributed by atoms with Crippen molar-refractivity contribution in [2.75, 3.05) is 19.7 Å². The van der Waals surface area contributed by atoms with Crippen LogP contribution in [0.3, 0.4) is 0 Å². The molecule has 3 N–H and O–H groups in total. The molecule has 0 radical (unpaired) electrons. The monoisotopic (exact) mass is 376 g/mol. The van der Waals surface area contributed by atoms with E-state index in [1.807, 2.05) is 18.2 Å². The van der Waals surface area contributed by atoms with Gasteiger partial charge in [0, 0.05) is 49.8 Å². The van der Waals surface area contributed by atoms with E-state index in [0.29, 0.717) is 18.8 Å². The van der Waals surface area contributed by atoms with Gasteiger partial charge in [-0.3, -0.25) is 9.89 Å². The number of hydrogen-bond acceptors (Lipinski definition) is 4. The Kier molecular flexibility index (Phi) is 6.29. The summed E-state index contributed by atoms with van der Waals surface area (Å²) in [6, 6.07) is 10.3. The van der Waals surface area contributed by atoms with Crippen molar-refractivity contribution in [1.82, 2.24) is 20.8 Å². The predicted molar refractivity (Wildman–Crippen MR) is 101 cm³/mol. The molecular weight excluding hydrogens is 352 g/mol. The average Bonchev–Trinajstić information content (AvgIpc) is 3.11. The van der Waals surface area contributed by atoms with Gasteiger partial charge in [0.25, 0.3) is 5.91 Å². The van der Waals surface area contributed by atoms with Crippen LogP contribution in [-0.2, 0) is 17.7 Å². The Labute approximate surface area is 159 Å². The zero-order chi connectivity index (χ0) is 17.1. The molecule has 2 aromatic rings. The third-order valence-corrected chi connectivity index (χ3v) is 5.12. The quantitative estimate of drug-likeness (QED) is 0.765. The SMILES string of the molecule is Cl.O=C(NCC1CCCOC1c1ccccc1)c1n[nH]c2c1CNCC2. The Morgan fingerprint density at radius 3 is 3.00 bits per heavy atom. The third kappa shape index (κ3) is 3.92. The van der Waals surface area contributed by atoms with Crippen molar-refractivity contribution in [3.63, 3.8) is 0 Å². The third-order valence-electron chi connectivity index (χ3n) is 5.12. The summed E-state index contributed by atoms with van der Waals surface area (Å²) < 4.78 is 6.01. The number of fused-ring (bicyclic) bond motifs is 1. The molecule has 7 heteroatoms. The molecule has 4 rings (SSSR count). The molecule has 0 aliphatic carbocycles. The first-order valence-electron chi connectivity index (χ1n) is 9.04. The topological polar surface area (TPSA) is 79.0 Å². The number of benzene rings is 1. The second-order valence-electron chi connectivity index (χ2n) is 6.77. The fourth-order valence-electron chi connectivity index (χ4n) is 3.78. The Hall–Kier alpha value is -1.89. The number of amides is 1. The van der Waals surface area contributed by atoms with Gasteiger partial charge in [0.05, 0.1) is 6.10 Å². The van der Waals surface area contributed by atoms with Gasteiger partial charge in [-0.25, -0.2) is 0 Å². The first-order valence-corrected chi connectivity index (χ1v) is 9.04. The number of nitrogens with zero attached hydrogens (tertiary/aromatic N) is 1. The minimum absolute atomic E-state index is 0. The van der Waals surface area contributed by atoms with Gasteiger partial charge in [-0.15, -0.1) is 12.4 Å². The minimum Gasteiger partial charge on any atom is -0.373 e. The van der Waals surface area contributed by atoms with Gasteiger partial charge < -0.3 is 15.4 Å². The minimum atomic E-state index is -0.0985. The smallest absolute Gasteiger partial charge is 0.272 e. The number of hydrogen-bond donors (Lipinski definition) is 3. The number of H-pyrrole nitrogens is 1. The number of aromatic amines is 1. The lowest BCUT2D eigenvalue weighted by Crippen LogP contribution is -2.36. The van der Waals surface area contributed by atoms with Crippen molar-refractivity contribution in [2.24, 2.45) is 5.92 Å². The van der Waals surface area contributed by atoms with E-state index in [9.17, 15) is 4.79 Å². The first kappa shape index (κ1) is 18.9. The largest absolute Gasteiger partial charge is 0.373 e. The number of nitrogens with one attached hydrogen (secondary N) is 3. The van der Waals surface area contributed by atoms with Crippen LogP contribution < -0.4 is 10.6 Å². The molecule has 140 valence electrons. The highest BCUT2D eigenvalue weighted by Crippen LogP contribution is 2.33. The molecule has 0 saturated carbocycles. The van der Waals surface area contributed by atoms with Crippen LogP contribution in [0, 0.1) is 5.92 Å². The Morgan fingerprint density at radius 1 is 1.31 bits per heavy atom. The van der Waals surface area contributed by atoms with E-state index in [1.54, 1.807) is 0 Å². The zero-order valence-electron chi connectivity index (χ0n) is 14.7. The van der Waals surface area contributed by atoms with E-state index < -0.39 is 0 Å². The summed E-state index contributed by atoms with van der Waals surface area (Å²) >= 11 is 0. The van der Waals surface area contributed by atoms with Crippen LogP contribution in [0.15, 0.2) is 30.3 Å². The lowest BCUT2D eigenvalue weighted by Gasteiger charge is -2.32. The van der Waals surface area contributed by atoms with Gasteiger partial charge >= 0.3 is 0 Å². The van der Waals surface area contributed by atoms with E-state index in [1.165, 1.54) is 5.56 Å². The molecule has 6 nitrogen and oxygen atoms in total. The van der Waals surface area contributed by atoms with Gasteiger partial charge in [0.15, 0.2) is 5.69 Å². The van der Waals surface area contributed by atoms with Gasteiger partial charge in [-0.1, -0.05) is 30.3 Å². The Morgan fingerprint density at radius 2 is 2.15 bits per heavy atom. The number of rotatable bonds is 4. The summed E-state index contributed by atoms with van der Waals surface area (Å²) in [4.78, 5) is 12.6. The molecule has 1 fully saturated rings. The number of carbonyl (C=O) groups is 1. The Bertz CT molecular complexity index is 734. The van der Waals surface area contributed by atoms with Gasteiger partial charge in [-0.05, 0) is 18.4 Å². The van der Waals surface area contributed by atoms with Crippen molar-refractivity contribution in [1.29, 1.82) is 0 Å². The van der Waals surface area contributed by atoms with Crippen molar-refractivity contribution >= 4 is 18.3 Å². The second kappa shape index (κ2) is 8.66. The summed E-state index contributed by atoms with van der Waals surface area (Å²) in [6.07, 6.45) is 3.03. The fourth-order valence-corrected chi connectivity index (χ4v) is 3.78. The van der Waals surface area contributed by atoms with E-state index in [-0.39, 0.29) is 30.3 Å². The molecule has 2 aliphatic rings. The van der Waals surface area contributed by atoms with E-state index >= 15 is 0 Å². The fraction of sp³-hybridized carbons (Fsp3) is 0.474. The summed E-state index contributed by atoms with van der Waals surface area (Å²) in [7, 11) is 0. The number of halogens is 1. The molecule has 2 aliphatic heterocycles. The van der Waals surface area contributed by atoms with E-state index in [4.69, 9.17) is 4.74 Å². The molecule has 1 amide bonds. The normalized spacial score (nSPS) is 22.2. The molecule has 0 bridgehead atoms. The molecule has 1 aromatic carbocycles. The van der Waals surface area contributed by atoms with Crippen molar-refractivity contribution in [2.45, 2.75) is 31.9 Å². The summed E-state index contributed by atoms with van der Waals surface area (Å²) in [5.41, 5.74) is 3.79. The molecule has 2 unspecified atom stereocenters. The summed E-state index contributed by atoms with van der Waals surface area (Å²) in [5.74, 6) is 0.187. The number of aromatic nitrogens is 2. The lowest BCUT2D eigenvalue weighted by molar-refractivity contribution is -0.0272. The van der Waals surface area contributed by atoms with Gasteiger partial charge in [0.2, 0.25) is 0 Å². The maximum absolute atomic E-state index is 12.6. The maximum atomic E-state index is 12.6. The summed E-state index contributed by atoms with van der Waals surface area (Å²) in [6.45, 7) is 3.01. The highest BCUT2D eigenvalue weighted by Gasteiger charge is 2.29. The molecule has 2 atom stereocenters. The second-order valence-corrected chi connectivity index (χ2v) is 6.77. The van der Waals surface area contributed by atoms with Crippen molar-refractivity contribution in [3.8, 4) is 0 Å². The van der Waals surface area contributed by atoms with Crippen LogP contribution in [0.2, 0.25) is 0 Å². The van der Waals surface area contributed by atoms with Crippen molar-refractivity contribution < 1.29 is 9.53 Å². The standard InChI is InChI=1S/C19H24N4O2.ClH/c24-19(17-15-12-20-9-8-16(15)22-23-17)21-11-14-7-4-10-25-18(14)13-5-2-1-3-6-13;/h1-3,5-6,14,18,20H,4,7-12H2,(H,21,24)(H,22,23);1H. The molecule has 1 saturated heterocycles. The highest BCUT2D eigenvalue weighted by atomic mass is 35.5. The van der Waals surface area contributed by atoms with Gasteiger partial charge in [0.1, 0.15) is 0 Å². The lowest BCUT2D eigenvalue weighted by atomic mass is 9.89. The van der Waals surface area contributed by atoms with Crippen LogP contribution >= 0.6 is 12.4 Å². The molecule has 26 heavy (non-hydrogen) atoms. The van der Waals surface area contributed by atoms with E-state index in [2.05, 4.69) is 33.0 Å². The van der Waals surface area contributed by atoms with Crippen LogP contribution in [0.1, 0.15) is 46.3 Å². The van der Waals surface area contributed by atoms with Crippen LogP contribution in [0.5, 0.6) is 0 Å². The molecule has 0 spiro atoms. The molecule has 1 aromatic heterocycles. The average molecular weight is 377 g/mol. The van der Waals surface area contributed by atoms with Crippen LogP contribution in [0.25, 0.3) is 0 Å². The van der Waals surface area contributed by atoms with Crippen molar-refractivity contribution in [3.05, 3.63) is 52.8 Å². The number of carbonyl (C=O) groups excluding carboxylic acids is 1. The first-order chi connectivity index (χ1) is 12.3. The van der Waals surface area contributed by atoms with Crippen LogP contribution in [-0.4, -0.2) is 35.8 Å². The predicted octanol–water partition coefficient (Wildman–Crippen LogP) is 2.37. The molecular formula is C19H25ClN4O2.